The highest BCUT2D eigenvalue weighted by atomic mass is 19.3. The number of benzene rings is 1. The SMILES string of the molecule is C[C@@H](CC(=O)N1C(=O)[C@H](Cc2ccccn2)[C@H]1C(=O)O)c1ccc2c(c1)OC(F)(F)O2. The number of aliphatic carboxylic acids is 1. The molecule has 2 aliphatic heterocycles. The molecule has 0 spiro atoms. The van der Waals surface area contributed by atoms with Crippen molar-refractivity contribution in [1.29, 1.82) is 0 Å². The fourth-order valence-electron chi connectivity index (χ4n) is 3.80. The first-order chi connectivity index (χ1) is 14.7. The summed E-state index contributed by atoms with van der Waals surface area (Å²) in [4.78, 5) is 41.9. The zero-order valence-electron chi connectivity index (χ0n) is 16.3. The van der Waals surface area contributed by atoms with E-state index in [4.69, 9.17) is 0 Å². The molecule has 0 unspecified atom stereocenters. The van der Waals surface area contributed by atoms with E-state index in [0.29, 0.717) is 11.3 Å². The molecule has 1 saturated heterocycles. The lowest BCUT2D eigenvalue weighted by atomic mass is 9.82. The molecule has 2 amide bonds. The van der Waals surface area contributed by atoms with Crippen LogP contribution in [0.15, 0.2) is 42.6 Å². The van der Waals surface area contributed by atoms with Gasteiger partial charge < -0.3 is 14.6 Å². The topological polar surface area (TPSA) is 106 Å². The quantitative estimate of drug-likeness (QED) is 0.700. The number of hydrogen-bond donors (Lipinski definition) is 1. The molecule has 1 aromatic heterocycles. The molecule has 162 valence electrons. The molecule has 0 aliphatic carbocycles. The number of amides is 2. The number of halogens is 2. The number of carbonyl (C=O) groups is 3. The van der Waals surface area contributed by atoms with E-state index in [1.807, 2.05) is 0 Å². The van der Waals surface area contributed by atoms with Crippen molar-refractivity contribution in [3.05, 3.63) is 53.9 Å². The molecule has 0 saturated carbocycles. The van der Waals surface area contributed by atoms with Gasteiger partial charge in [-0.25, -0.2) is 4.79 Å². The summed E-state index contributed by atoms with van der Waals surface area (Å²) in [5.41, 5.74) is 1.07. The van der Waals surface area contributed by atoms with Gasteiger partial charge in [-0.05, 0) is 35.7 Å². The highest BCUT2D eigenvalue weighted by Crippen LogP contribution is 2.42. The number of β-lactam (4-membered cyclic amide) rings is 1. The smallest absolute Gasteiger partial charge is 0.480 e. The number of imide groups is 1. The Labute approximate surface area is 175 Å². The molecule has 3 atom stereocenters. The van der Waals surface area contributed by atoms with E-state index in [9.17, 15) is 28.3 Å². The van der Waals surface area contributed by atoms with Gasteiger partial charge in [0.15, 0.2) is 11.5 Å². The number of rotatable bonds is 6. The summed E-state index contributed by atoms with van der Waals surface area (Å²) in [5, 5.41) is 9.56. The molecule has 1 aromatic carbocycles. The third-order valence-electron chi connectivity index (χ3n) is 5.37. The van der Waals surface area contributed by atoms with E-state index < -0.39 is 42.0 Å². The largest absolute Gasteiger partial charge is 0.586 e. The Morgan fingerprint density at radius 3 is 2.65 bits per heavy atom. The maximum atomic E-state index is 13.2. The zero-order chi connectivity index (χ0) is 22.3. The van der Waals surface area contributed by atoms with Crippen LogP contribution in [0.2, 0.25) is 0 Å². The summed E-state index contributed by atoms with van der Waals surface area (Å²) < 4.78 is 35.1. The van der Waals surface area contributed by atoms with Crippen molar-refractivity contribution in [3.63, 3.8) is 0 Å². The maximum absolute atomic E-state index is 13.2. The molecule has 0 bridgehead atoms. The second kappa shape index (κ2) is 7.60. The Hall–Kier alpha value is -3.56. The molecule has 8 nitrogen and oxygen atoms in total. The lowest BCUT2D eigenvalue weighted by molar-refractivity contribution is -0.286. The first-order valence-electron chi connectivity index (χ1n) is 9.54. The lowest BCUT2D eigenvalue weighted by Gasteiger charge is -2.43. The first kappa shape index (κ1) is 20.7. The Morgan fingerprint density at radius 2 is 1.97 bits per heavy atom. The molecule has 3 heterocycles. The lowest BCUT2D eigenvalue weighted by Crippen LogP contribution is -2.66. The van der Waals surface area contributed by atoms with Crippen LogP contribution in [-0.2, 0) is 20.8 Å². The van der Waals surface area contributed by atoms with Crippen molar-refractivity contribution in [2.45, 2.75) is 38.0 Å². The average molecular weight is 432 g/mol. The van der Waals surface area contributed by atoms with Crippen LogP contribution in [-0.4, -0.2) is 45.1 Å². The summed E-state index contributed by atoms with van der Waals surface area (Å²) in [6.45, 7) is 1.67. The van der Waals surface area contributed by atoms with E-state index in [-0.39, 0.29) is 24.3 Å². The Morgan fingerprint density at radius 1 is 1.23 bits per heavy atom. The number of hydrogen-bond acceptors (Lipinski definition) is 6. The van der Waals surface area contributed by atoms with Gasteiger partial charge in [0.05, 0.1) is 5.92 Å². The number of carboxylic acids is 1. The van der Waals surface area contributed by atoms with Crippen molar-refractivity contribution < 1.29 is 37.7 Å². The van der Waals surface area contributed by atoms with Crippen LogP contribution in [0.25, 0.3) is 0 Å². The van der Waals surface area contributed by atoms with Crippen molar-refractivity contribution >= 4 is 17.8 Å². The van der Waals surface area contributed by atoms with E-state index in [0.717, 1.165) is 4.90 Å². The minimum Gasteiger partial charge on any atom is -0.480 e. The summed E-state index contributed by atoms with van der Waals surface area (Å²) in [5.74, 6) is -4.11. The summed E-state index contributed by atoms with van der Waals surface area (Å²) in [6, 6.07) is 8.00. The molecule has 0 radical (unpaired) electrons. The van der Waals surface area contributed by atoms with Crippen LogP contribution in [0.1, 0.15) is 30.5 Å². The third-order valence-corrected chi connectivity index (χ3v) is 5.37. The number of aromatic nitrogens is 1. The Bertz CT molecular complexity index is 1050. The molecular weight excluding hydrogens is 414 g/mol. The van der Waals surface area contributed by atoms with E-state index in [2.05, 4.69) is 14.5 Å². The fourth-order valence-corrected chi connectivity index (χ4v) is 3.80. The van der Waals surface area contributed by atoms with E-state index in [1.54, 1.807) is 31.3 Å². The molecule has 2 aromatic rings. The van der Waals surface area contributed by atoms with Gasteiger partial charge in [-0.2, -0.15) is 0 Å². The highest BCUT2D eigenvalue weighted by molar-refractivity contribution is 6.08. The van der Waals surface area contributed by atoms with Crippen LogP contribution in [0, 0.1) is 5.92 Å². The van der Waals surface area contributed by atoms with Crippen LogP contribution in [0.5, 0.6) is 11.5 Å². The van der Waals surface area contributed by atoms with Crippen LogP contribution in [0.4, 0.5) is 8.78 Å². The van der Waals surface area contributed by atoms with Gasteiger partial charge in [0.2, 0.25) is 11.8 Å². The van der Waals surface area contributed by atoms with E-state index >= 15 is 0 Å². The standard InChI is InChI=1S/C21H18F2N2O6/c1-11(12-5-6-15-16(9-12)31-21(22,23)30-15)8-17(26)25-18(20(28)29)14(19(25)27)10-13-4-2-3-7-24-13/h2-7,9,11,14,18H,8,10H2,1H3,(H,28,29)/t11-,14+,18-/m0/s1. The number of carbonyl (C=O) groups excluding carboxylic acids is 2. The number of pyridine rings is 1. The molecule has 4 rings (SSSR count). The minimum absolute atomic E-state index is 0.117. The monoisotopic (exact) mass is 432 g/mol. The van der Waals surface area contributed by atoms with Crippen molar-refractivity contribution in [2.75, 3.05) is 0 Å². The van der Waals surface area contributed by atoms with Crippen molar-refractivity contribution in [2.24, 2.45) is 5.92 Å². The van der Waals surface area contributed by atoms with Crippen LogP contribution >= 0.6 is 0 Å². The number of likely N-dealkylation sites (tertiary alicyclic amines) is 1. The summed E-state index contributed by atoms with van der Waals surface area (Å²) >= 11 is 0. The van der Waals surface area contributed by atoms with Gasteiger partial charge in [0, 0.05) is 24.7 Å². The fraction of sp³-hybridized carbons (Fsp3) is 0.333. The predicted molar refractivity (Wildman–Crippen MR) is 100 cm³/mol. The Kier molecular flexibility index (Phi) is 5.08. The van der Waals surface area contributed by atoms with Gasteiger partial charge >= 0.3 is 12.3 Å². The van der Waals surface area contributed by atoms with Gasteiger partial charge in [0.1, 0.15) is 6.04 Å². The van der Waals surface area contributed by atoms with Crippen molar-refractivity contribution in [1.82, 2.24) is 9.88 Å². The molecule has 31 heavy (non-hydrogen) atoms. The normalized spacial score (nSPS) is 22.0. The van der Waals surface area contributed by atoms with Gasteiger partial charge in [-0.15, -0.1) is 8.78 Å². The predicted octanol–water partition coefficient (Wildman–Crippen LogP) is 2.58. The van der Waals surface area contributed by atoms with Crippen LogP contribution < -0.4 is 9.47 Å². The van der Waals surface area contributed by atoms with Gasteiger partial charge in [-0.1, -0.05) is 19.1 Å². The summed E-state index contributed by atoms with van der Waals surface area (Å²) in [7, 11) is 0. The average Bonchev–Trinajstić information content (AvgIpc) is 3.03. The maximum Gasteiger partial charge on any atom is 0.586 e. The second-order valence-electron chi connectivity index (χ2n) is 7.50. The number of fused-ring (bicyclic) bond motifs is 1. The van der Waals surface area contributed by atoms with E-state index in [1.165, 1.54) is 18.2 Å². The van der Waals surface area contributed by atoms with Gasteiger partial charge in [-0.3, -0.25) is 19.5 Å². The highest BCUT2D eigenvalue weighted by Gasteiger charge is 2.54. The number of alkyl halides is 2. The molecule has 2 aliphatic rings. The summed E-state index contributed by atoms with van der Waals surface area (Å²) in [6.07, 6.45) is -2.27. The third kappa shape index (κ3) is 3.92. The number of nitrogens with zero attached hydrogens (tertiary/aromatic N) is 2. The first-order valence-corrected chi connectivity index (χ1v) is 9.54. The molecular formula is C21H18F2N2O6. The Balaban J connectivity index is 1.44. The van der Waals surface area contributed by atoms with Crippen molar-refractivity contribution in [3.8, 4) is 11.5 Å². The minimum atomic E-state index is -3.75. The second-order valence-corrected chi connectivity index (χ2v) is 7.50. The van der Waals surface area contributed by atoms with Crippen LogP contribution in [0.3, 0.4) is 0 Å². The molecule has 1 N–H and O–H groups in total. The number of carboxylic acid groups (broad SMARTS) is 1. The molecule has 1 fully saturated rings. The molecule has 10 heteroatoms. The zero-order valence-corrected chi connectivity index (χ0v) is 16.3. The number of ether oxygens (including phenoxy) is 2. The van der Waals surface area contributed by atoms with Gasteiger partial charge in [0.25, 0.3) is 0 Å².